The summed E-state index contributed by atoms with van der Waals surface area (Å²) < 4.78 is 0. The van der Waals surface area contributed by atoms with Crippen molar-refractivity contribution in [3.05, 3.63) is 22.8 Å². The number of amides is 3. The summed E-state index contributed by atoms with van der Waals surface area (Å²) in [5.74, 6) is 5.41. The van der Waals surface area contributed by atoms with E-state index in [1.54, 1.807) is 19.1 Å². The van der Waals surface area contributed by atoms with E-state index >= 15 is 0 Å². The van der Waals surface area contributed by atoms with Crippen molar-refractivity contribution in [2.45, 2.75) is 32.4 Å². The molecule has 0 bridgehead atoms. The number of aromatic nitrogens is 1. The van der Waals surface area contributed by atoms with E-state index in [1.807, 2.05) is 6.92 Å². The Hall–Kier alpha value is -1.86. The highest BCUT2D eigenvalue weighted by molar-refractivity contribution is 6.31. The number of carbonyl (C=O) groups is 2. The zero-order valence-corrected chi connectivity index (χ0v) is 12.0. The minimum atomic E-state index is -0.868. The summed E-state index contributed by atoms with van der Waals surface area (Å²) in [4.78, 5) is 29.4. The summed E-state index contributed by atoms with van der Waals surface area (Å²) in [6.45, 7) is 3.54. The van der Waals surface area contributed by atoms with E-state index < -0.39 is 11.6 Å². The van der Waals surface area contributed by atoms with Crippen LogP contribution in [-0.2, 0) is 11.3 Å². The van der Waals surface area contributed by atoms with Crippen molar-refractivity contribution in [1.29, 1.82) is 0 Å². The van der Waals surface area contributed by atoms with Crippen molar-refractivity contribution in [3.8, 4) is 0 Å². The first kappa shape index (κ1) is 14.5. The molecule has 0 aliphatic carbocycles. The second-order valence-electron chi connectivity index (χ2n) is 4.78. The number of anilines is 1. The van der Waals surface area contributed by atoms with Crippen LogP contribution in [0.2, 0.25) is 5.02 Å². The molecule has 3 amide bonds. The molecule has 2 heterocycles. The third-order valence-electron chi connectivity index (χ3n) is 3.43. The van der Waals surface area contributed by atoms with Gasteiger partial charge in [0.2, 0.25) is 0 Å². The molecule has 1 unspecified atom stereocenters. The summed E-state index contributed by atoms with van der Waals surface area (Å²) in [6.07, 6.45) is 0.514. The molecule has 1 aromatic heterocycles. The number of hydrogen-bond donors (Lipinski definition) is 3. The topological polar surface area (TPSA) is 100 Å². The zero-order valence-electron chi connectivity index (χ0n) is 11.2. The normalized spacial score (nSPS) is 22.1. The van der Waals surface area contributed by atoms with Gasteiger partial charge in [-0.1, -0.05) is 18.5 Å². The van der Waals surface area contributed by atoms with E-state index in [9.17, 15) is 9.59 Å². The number of nitrogens with one attached hydrogen (secondary N) is 2. The molecule has 1 aliphatic rings. The molecule has 1 fully saturated rings. The number of nitrogens with zero attached hydrogens (tertiary/aromatic N) is 2. The molecule has 0 aromatic carbocycles. The second kappa shape index (κ2) is 5.26. The number of halogens is 1. The molecule has 1 atom stereocenters. The lowest BCUT2D eigenvalue weighted by Crippen LogP contribution is -2.43. The van der Waals surface area contributed by atoms with Gasteiger partial charge in [-0.3, -0.25) is 9.69 Å². The van der Waals surface area contributed by atoms with Crippen LogP contribution in [0.5, 0.6) is 0 Å². The fraction of sp³-hybridized carbons (Fsp3) is 0.417. The number of hydrazine groups is 1. The van der Waals surface area contributed by atoms with E-state index in [0.29, 0.717) is 23.0 Å². The number of nitrogens with two attached hydrogens (primary N) is 1. The third-order valence-corrected chi connectivity index (χ3v) is 3.77. The van der Waals surface area contributed by atoms with Crippen LogP contribution in [0.1, 0.15) is 26.0 Å². The predicted octanol–water partition coefficient (Wildman–Crippen LogP) is 1.24. The van der Waals surface area contributed by atoms with Crippen LogP contribution in [0.15, 0.2) is 12.1 Å². The van der Waals surface area contributed by atoms with Crippen LogP contribution in [-0.4, -0.2) is 27.4 Å². The Morgan fingerprint density at radius 3 is 2.75 bits per heavy atom. The molecule has 1 saturated heterocycles. The lowest BCUT2D eigenvalue weighted by Gasteiger charge is -2.19. The number of imide groups is 1. The van der Waals surface area contributed by atoms with Gasteiger partial charge >= 0.3 is 6.03 Å². The molecule has 1 aliphatic heterocycles. The Kier molecular flexibility index (Phi) is 3.82. The maximum atomic E-state index is 12.3. The number of carbonyl (C=O) groups excluding carboxylic acids is 2. The first-order chi connectivity index (χ1) is 9.41. The van der Waals surface area contributed by atoms with Gasteiger partial charge in [0.25, 0.3) is 5.91 Å². The van der Waals surface area contributed by atoms with Gasteiger partial charge in [-0.15, -0.1) is 0 Å². The molecule has 7 nitrogen and oxygen atoms in total. The number of rotatable bonds is 4. The standard InChI is InChI=1S/C12H16ClN5O2/c1-3-12(2)10(19)18(11(20)16-12)6-8-7(13)4-5-9(15-8)17-14/h4-5H,3,6,14H2,1-2H3,(H,15,17)(H,16,20). The average Bonchev–Trinajstić information content (AvgIpc) is 2.65. The van der Waals surface area contributed by atoms with Crippen molar-refractivity contribution < 1.29 is 9.59 Å². The fourth-order valence-corrected chi connectivity index (χ4v) is 2.12. The van der Waals surface area contributed by atoms with Gasteiger partial charge in [0.05, 0.1) is 17.3 Å². The molecule has 0 spiro atoms. The van der Waals surface area contributed by atoms with Crippen LogP contribution in [0.3, 0.4) is 0 Å². The lowest BCUT2D eigenvalue weighted by atomic mass is 9.99. The second-order valence-corrected chi connectivity index (χ2v) is 5.18. The first-order valence-corrected chi connectivity index (χ1v) is 6.55. The quantitative estimate of drug-likeness (QED) is 0.441. The van der Waals surface area contributed by atoms with Gasteiger partial charge in [-0.25, -0.2) is 15.6 Å². The van der Waals surface area contributed by atoms with Crippen molar-refractivity contribution in [3.63, 3.8) is 0 Å². The van der Waals surface area contributed by atoms with Crippen LogP contribution < -0.4 is 16.6 Å². The summed E-state index contributed by atoms with van der Waals surface area (Å²) in [5.41, 5.74) is 1.94. The number of pyridine rings is 1. The Morgan fingerprint density at radius 2 is 2.20 bits per heavy atom. The van der Waals surface area contributed by atoms with E-state index in [0.717, 1.165) is 4.90 Å². The minimum Gasteiger partial charge on any atom is -0.323 e. The smallest absolute Gasteiger partial charge is 0.323 e. The van der Waals surface area contributed by atoms with Gasteiger partial charge in [-0.2, -0.15) is 0 Å². The predicted molar refractivity (Wildman–Crippen MR) is 74.8 cm³/mol. The Balaban J connectivity index is 2.26. The van der Waals surface area contributed by atoms with Crippen LogP contribution >= 0.6 is 11.6 Å². The Bertz CT molecular complexity index is 565. The SMILES string of the molecule is CCC1(C)NC(=O)N(Cc2nc(NN)ccc2Cl)C1=O. The molecule has 20 heavy (non-hydrogen) atoms. The van der Waals surface area contributed by atoms with E-state index in [-0.39, 0.29) is 12.5 Å². The molecular weight excluding hydrogens is 282 g/mol. The molecule has 108 valence electrons. The third kappa shape index (κ3) is 2.41. The molecule has 0 radical (unpaired) electrons. The summed E-state index contributed by atoms with van der Waals surface area (Å²) in [7, 11) is 0. The average molecular weight is 298 g/mol. The van der Waals surface area contributed by atoms with Crippen LogP contribution in [0, 0.1) is 0 Å². The number of hydrogen-bond acceptors (Lipinski definition) is 5. The van der Waals surface area contributed by atoms with Gasteiger partial charge in [-0.05, 0) is 25.5 Å². The van der Waals surface area contributed by atoms with Gasteiger partial charge in [0.15, 0.2) is 0 Å². The van der Waals surface area contributed by atoms with E-state index in [2.05, 4.69) is 15.7 Å². The lowest BCUT2D eigenvalue weighted by molar-refractivity contribution is -0.131. The van der Waals surface area contributed by atoms with Crippen molar-refractivity contribution in [1.82, 2.24) is 15.2 Å². The van der Waals surface area contributed by atoms with Crippen LogP contribution in [0.4, 0.5) is 10.6 Å². The summed E-state index contributed by atoms with van der Waals surface area (Å²) in [5, 5.41) is 3.04. The summed E-state index contributed by atoms with van der Waals surface area (Å²) in [6, 6.07) is 2.77. The maximum Gasteiger partial charge on any atom is 0.325 e. The monoisotopic (exact) mass is 297 g/mol. The highest BCUT2D eigenvalue weighted by Crippen LogP contribution is 2.25. The molecular formula is C12H16ClN5O2. The highest BCUT2D eigenvalue weighted by atomic mass is 35.5. The van der Waals surface area contributed by atoms with Crippen molar-refractivity contribution in [2.24, 2.45) is 5.84 Å². The minimum absolute atomic E-state index is 0.00854. The van der Waals surface area contributed by atoms with Gasteiger partial charge in [0.1, 0.15) is 11.4 Å². The Morgan fingerprint density at radius 1 is 1.50 bits per heavy atom. The maximum absolute atomic E-state index is 12.3. The highest BCUT2D eigenvalue weighted by Gasteiger charge is 2.46. The molecule has 8 heteroatoms. The van der Waals surface area contributed by atoms with Gasteiger partial charge < -0.3 is 10.7 Å². The number of nitrogen functional groups attached to an aromatic ring is 1. The molecule has 0 saturated carbocycles. The number of urea groups is 1. The fourth-order valence-electron chi connectivity index (χ4n) is 1.96. The zero-order chi connectivity index (χ0) is 14.9. The van der Waals surface area contributed by atoms with E-state index in [4.69, 9.17) is 17.4 Å². The molecule has 1 aromatic rings. The van der Waals surface area contributed by atoms with E-state index in [1.165, 1.54) is 0 Å². The summed E-state index contributed by atoms with van der Waals surface area (Å²) >= 11 is 6.03. The van der Waals surface area contributed by atoms with Crippen molar-refractivity contribution in [2.75, 3.05) is 5.43 Å². The van der Waals surface area contributed by atoms with Crippen molar-refractivity contribution >= 4 is 29.4 Å². The first-order valence-electron chi connectivity index (χ1n) is 6.17. The van der Waals surface area contributed by atoms with Crippen LogP contribution in [0.25, 0.3) is 0 Å². The Labute approximate surface area is 121 Å². The molecule has 4 N–H and O–H groups in total. The largest absolute Gasteiger partial charge is 0.325 e. The van der Waals surface area contributed by atoms with Gasteiger partial charge in [0, 0.05) is 0 Å². The molecule has 2 rings (SSSR count).